The van der Waals surface area contributed by atoms with Gasteiger partial charge < -0.3 is 18.9 Å². The van der Waals surface area contributed by atoms with Crippen molar-refractivity contribution >= 4 is 99.3 Å². The van der Waals surface area contributed by atoms with Gasteiger partial charge in [0.1, 0.15) is 0 Å². The highest BCUT2D eigenvalue weighted by atomic mass is 15.2. The van der Waals surface area contributed by atoms with Crippen LogP contribution in [-0.4, -0.2) is 9.13 Å². The molecule has 0 saturated heterocycles. The fraction of sp³-hybridized carbons (Fsp3) is 0. The Hall–Kier alpha value is -9.90. The molecular formula is C70H46N4. The van der Waals surface area contributed by atoms with Gasteiger partial charge in [-0.1, -0.05) is 170 Å². The van der Waals surface area contributed by atoms with Gasteiger partial charge in [0.25, 0.3) is 0 Å². The first-order valence-corrected chi connectivity index (χ1v) is 25.4. The van der Waals surface area contributed by atoms with Crippen LogP contribution in [0, 0.1) is 0 Å². The summed E-state index contributed by atoms with van der Waals surface area (Å²) in [6.07, 6.45) is 0. The normalized spacial score (nSPS) is 11.8. The van der Waals surface area contributed by atoms with E-state index < -0.39 is 0 Å². The summed E-state index contributed by atoms with van der Waals surface area (Å²) in [4.78, 5) is 4.80. The lowest BCUT2D eigenvalue weighted by atomic mass is 9.98. The number of nitrogens with zero attached hydrogens (tertiary/aromatic N) is 4. The Morgan fingerprint density at radius 3 is 0.919 bits per heavy atom. The van der Waals surface area contributed by atoms with E-state index in [1.807, 2.05) is 0 Å². The van der Waals surface area contributed by atoms with E-state index in [2.05, 4.69) is 298 Å². The molecule has 15 rings (SSSR count). The zero-order valence-electron chi connectivity index (χ0n) is 40.3. The quantitative estimate of drug-likeness (QED) is 0.127. The third-order valence-electron chi connectivity index (χ3n) is 15.2. The van der Waals surface area contributed by atoms with Gasteiger partial charge in [0.05, 0.1) is 33.4 Å². The summed E-state index contributed by atoms with van der Waals surface area (Å²) in [7, 11) is 0. The lowest BCUT2D eigenvalue weighted by Gasteiger charge is -2.27. The lowest BCUT2D eigenvalue weighted by Crippen LogP contribution is -2.10. The van der Waals surface area contributed by atoms with Crippen molar-refractivity contribution in [2.75, 3.05) is 9.80 Å². The molecule has 0 aliphatic heterocycles. The maximum atomic E-state index is 2.41. The molecule has 0 fully saturated rings. The maximum absolute atomic E-state index is 2.41. The molecule has 74 heavy (non-hydrogen) atoms. The number of aromatic nitrogens is 2. The predicted molar refractivity (Wildman–Crippen MR) is 313 cm³/mol. The molecule has 2 heterocycles. The molecule has 0 spiro atoms. The van der Waals surface area contributed by atoms with Crippen LogP contribution in [0.5, 0.6) is 0 Å². The van der Waals surface area contributed by atoms with Crippen LogP contribution >= 0.6 is 0 Å². The van der Waals surface area contributed by atoms with Gasteiger partial charge in [-0.15, -0.1) is 0 Å². The minimum absolute atomic E-state index is 1.10. The third-order valence-corrected chi connectivity index (χ3v) is 15.2. The van der Waals surface area contributed by atoms with Crippen molar-refractivity contribution in [1.82, 2.24) is 9.13 Å². The number of benzene rings is 13. The lowest BCUT2D eigenvalue weighted by molar-refractivity contribution is 1.18. The molecule has 0 unspecified atom stereocenters. The van der Waals surface area contributed by atoms with E-state index in [-0.39, 0.29) is 0 Å². The van der Waals surface area contributed by atoms with E-state index >= 15 is 0 Å². The van der Waals surface area contributed by atoms with E-state index in [0.29, 0.717) is 0 Å². The fourth-order valence-corrected chi connectivity index (χ4v) is 11.9. The number of hydrogen-bond donors (Lipinski definition) is 0. The summed E-state index contributed by atoms with van der Waals surface area (Å²) in [5.41, 5.74) is 18.6. The second kappa shape index (κ2) is 16.9. The van der Waals surface area contributed by atoms with E-state index in [1.165, 1.54) is 87.4 Å². The average molecular weight is 943 g/mol. The molecule has 0 radical (unpaired) electrons. The van der Waals surface area contributed by atoms with Crippen LogP contribution in [0.4, 0.5) is 34.1 Å². The molecular weight excluding hydrogens is 897 g/mol. The first kappa shape index (κ1) is 41.8. The topological polar surface area (TPSA) is 16.3 Å². The second-order valence-electron chi connectivity index (χ2n) is 19.3. The Balaban J connectivity index is 0.757. The van der Waals surface area contributed by atoms with Crippen molar-refractivity contribution in [3.8, 4) is 33.6 Å². The van der Waals surface area contributed by atoms with Crippen LogP contribution in [0.25, 0.3) is 98.8 Å². The van der Waals surface area contributed by atoms with E-state index in [4.69, 9.17) is 0 Å². The van der Waals surface area contributed by atoms with E-state index in [9.17, 15) is 0 Å². The molecule has 0 saturated carbocycles. The molecule has 0 bridgehead atoms. The summed E-state index contributed by atoms with van der Waals surface area (Å²) >= 11 is 0. The predicted octanol–water partition coefficient (Wildman–Crippen LogP) is 19.3. The zero-order chi connectivity index (χ0) is 48.7. The van der Waals surface area contributed by atoms with Crippen LogP contribution in [-0.2, 0) is 0 Å². The Labute approximate surface area is 428 Å². The van der Waals surface area contributed by atoms with Crippen LogP contribution in [0.1, 0.15) is 0 Å². The van der Waals surface area contributed by atoms with Crippen molar-refractivity contribution in [3.05, 3.63) is 279 Å². The van der Waals surface area contributed by atoms with Gasteiger partial charge in [-0.2, -0.15) is 0 Å². The third kappa shape index (κ3) is 6.55. The number of hydrogen-bond acceptors (Lipinski definition) is 2. The summed E-state index contributed by atoms with van der Waals surface area (Å²) in [6.45, 7) is 0. The number of para-hydroxylation sites is 4. The summed E-state index contributed by atoms with van der Waals surface area (Å²) in [6, 6.07) is 102. The van der Waals surface area contributed by atoms with Crippen LogP contribution in [0.2, 0.25) is 0 Å². The number of anilines is 6. The molecule has 2 aromatic heterocycles. The van der Waals surface area contributed by atoms with Gasteiger partial charge >= 0.3 is 0 Å². The molecule has 0 atom stereocenters. The molecule has 346 valence electrons. The van der Waals surface area contributed by atoms with Crippen LogP contribution in [0.3, 0.4) is 0 Å². The Morgan fingerprint density at radius 1 is 0.216 bits per heavy atom. The molecule has 4 nitrogen and oxygen atoms in total. The Kier molecular flexibility index (Phi) is 9.54. The van der Waals surface area contributed by atoms with Gasteiger partial charge in [0.15, 0.2) is 0 Å². The standard InChI is InChI=1S/C70H46N4/c1-5-17-53(18-6-1)71(61-43-45-65-69-59(61)41-35-51-15-13-25-63(67(51)69)73(65)55-21-9-3-10-22-55)57-37-31-49(32-38-57)47-27-29-48(30-28-47)50-33-39-58(40-34-50)72(54-19-7-2-8-20-54)62-44-46-66-70-60(62)42-36-52-16-14-26-64(68(52)70)74(66)56-23-11-4-12-24-56/h1-46H. The van der Waals surface area contributed by atoms with Gasteiger partial charge in [-0.25, -0.2) is 0 Å². The molecule has 4 heteroatoms. The Bertz CT molecular complexity index is 4190. The fourth-order valence-electron chi connectivity index (χ4n) is 11.9. The van der Waals surface area contributed by atoms with Gasteiger partial charge in [-0.3, -0.25) is 0 Å². The smallest absolute Gasteiger partial charge is 0.0548 e. The molecule has 0 N–H and O–H groups in total. The maximum Gasteiger partial charge on any atom is 0.0548 e. The van der Waals surface area contributed by atoms with Crippen molar-refractivity contribution in [2.24, 2.45) is 0 Å². The average Bonchev–Trinajstić information content (AvgIpc) is 4.02. The highest BCUT2D eigenvalue weighted by Gasteiger charge is 2.24. The highest BCUT2D eigenvalue weighted by Crippen LogP contribution is 2.48. The van der Waals surface area contributed by atoms with Crippen LogP contribution in [0.15, 0.2) is 279 Å². The molecule has 13 aromatic carbocycles. The monoisotopic (exact) mass is 942 g/mol. The summed E-state index contributed by atoms with van der Waals surface area (Å²) in [5.74, 6) is 0. The van der Waals surface area contributed by atoms with Crippen LogP contribution < -0.4 is 9.80 Å². The zero-order valence-corrected chi connectivity index (χ0v) is 40.3. The van der Waals surface area contributed by atoms with Crippen molar-refractivity contribution in [3.63, 3.8) is 0 Å². The van der Waals surface area contributed by atoms with E-state index in [0.717, 1.165) is 45.5 Å². The first-order valence-electron chi connectivity index (χ1n) is 25.4. The number of rotatable bonds is 10. The summed E-state index contributed by atoms with van der Waals surface area (Å²) < 4.78 is 4.82. The van der Waals surface area contributed by atoms with Crippen molar-refractivity contribution in [1.29, 1.82) is 0 Å². The van der Waals surface area contributed by atoms with E-state index in [1.54, 1.807) is 0 Å². The first-order chi connectivity index (χ1) is 36.7. The highest BCUT2D eigenvalue weighted by molar-refractivity contribution is 6.28. The molecule has 0 aliphatic carbocycles. The van der Waals surface area contributed by atoms with Gasteiger partial charge in [-0.05, 0) is 142 Å². The molecule has 0 aliphatic rings. The SMILES string of the molecule is c1ccc(N(c2ccc(-c3ccc(-c4ccc(N(c5ccccc5)c5ccc6c7c5ccc5cccc(c57)n6-c5ccccc5)cc4)cc3)cc2)c2ccc3c4c2ccc2cccc(c24)n3-c2ccccc2)cc1. The molecule has 15 aromatic rings. The second-order valence-corrected chi connectivity index (χ2v) is 19.3. The molecule has 0 amide bonds. The van der Waals surface area contributed by atoms with Crippen molar-refractivity contribution in [2.45, 2.75) is 0 Å². The van der Waals surface area contributed by atoms with Gasteiger partial charge in [0.2, 0.25) is 0 Å². The Morgan fingerprint density at radius 2 is 0.541 bits per heavy atom. The minimum atomic E-state index is 1.10. The minimum Gasteiger partial charge on any atom is -0.310 e. The summed E-state index contributed by atoms with van der Waals surface area (Å²) in [5, 5.41) is 10.1. The van der Waals surface area contributed by atoms with Gasteiger partial charge in [0, 0.05) is 66.4 Å². The largest absolute Gasteiger partial charge is 0.310 e. The van der Waals surface area contributed by atoms with Crippen molar-refractivity contribution < 1.29 is 0 Å².